The van der Waals surface area contributed by atoms with Crippen molar-refractivity contribution in [2.24, 2.45) is 0 Å². The summed E-state index contributed by atoms with van der Waals surface area (Å²) >= 11 is 3.39. The van der Waals surface area contributed by atoms with Gasteiger partial charge in [0.05, 0.1) is 17.2 Å². The predicted octanol–water partition coefficient (Wildman–Crippen LogP) is 2.94. The standard InChI is InChI=1S/C15H20BrN3O/c1-15(2,3)18-7-4-8-19-10-17-13-6-5-11(16)9-12(13)14(19)20/h5-6,9-10,18H,4,7-8H2,1-3H3. The molecule has 20 heavy (non-hydrogen) atoms. The monoisotopic (exact) mass is 337 g/mol. The summed E-state index contributed by atoms with van der Waals surface area (Å²) in [5, 5.41) is 4.07. The maximum atomic E-state index is 12.4. The average molecular weight is 338 g/mol. The Hall–Kier alpha value is -1.20. The number of fused-ring (bicyclic) bond motifs is 1. The molecule has 0 atom stereocenters. The highest BCUT2D eigenvalue weighted by Crippen LogP contribution is 2.14. The highest BCUT2D eigenvalue weighted by molar-refractivity contribution is 9.10. The fourth-order valence-corrected chi connectivity index (χ4v) is 2.36. The number of halogens is 1. The molecule has 0 aliphatic rings. The maximum Gasteiger partial charge on any atom is 0.261 e. The van der Waals surface area contributed by atoms with Crippen molar-refractivity contribution >= 4 is 26.8 Å². The van der Waals surface area contributed by atoms with Crippen LogP contribution >= 0.6 is 15.9 Å². The zero-order valence-corrected chi connectivity index (χ0v) is 13.7. The quantitative estimate of drug-likeness (QED) is 0.872. The van der Waals surface area contributed by atoms with Gasteiger partial charge in [0.1, 0.15) is 0 Å². The normalized spacial score (nSPS) is 12.0. The molecule has 108 valence electrons. The molecule has 0 bridgehead atoms. The Balaban J connectivity index is 2.11. The number of aromatic nitrogens is 2. The summed E-state index contributed by atoms with van der Waals surface area (Å²) < 4.78 is 2.58. The number of nitrogens with one attached hydrogen (secondary N) is 1. The lowest BCUT2D eigenvalue weighted by molar-refractivity contribution is 0.412. The second-order valence-corrected chi connectivity index (χ2v) is 6.85. The number of hydrogen-bond donors (Lipinski definition) is 1. The molecule has 1 heterocycles. The van der Waals surface area contributed by atoms with Crippen LogP contribution < -0.4 is 10.9 Å². The molecule has 0 amide bonds. The summed E-state index contributed by atoms with van der Waals surface area (Å²) in [6, 6.07) is 5.58. The third-order valence-corrected chi connectivity index (χ3v) is 3.51. The highest BCUT2D eigenvalue weighted by Gasteiger charge is 2.08. The Kier molecular flexibility index (Phi) is 4.60. The third-order valence-electron chi connectivity index (χ3n) is 3.02. The van der Waals surface area contributed by atoms with E-state index in [1.54, 1.807) is 10.9 Å². The van der Waals surface area contributed by atoms with Gasteiger partial charge in [0.15, 0.2) is 0 Å². The third kappa shape index (κ3) is 3.90. The molecule has 0 aliphatic carbocycles. The molecular formula is C15H20BrN3O. The van der Waals surface area contributed by atoms with Crippen molar-refractivity contribution in [1.29, 1.82) is 0 Å². The van der Waals surface area contributed by atoms with E-state index in [0.717, 1.165) is 23.0 Å². The van der Waals surface area contributed by atoms with Crippen LogP contribution in [0, 0.1) is 0 Å². The predicted molar refractivity (Wildman–Crippen MR) is 86.1 cm³/mol. The van der Waals surface area contributed by atoms with Gasteiger partial charge >= 0.3 is 0 Å². The van der Waals surface area contributed by atoms with Crippen LogP contribution in [0.3, 0.4) is 0 Å². The topological polar surface area (TPSA) is 46.9 Å². The minimum atomic E-state index is 0.0204. The molecule has 1 N–H and O–H groups in total. The van der Waals surface area contributed by atoms with Gasteiger partial charge < -0.3 is 5.32 Å². The SMILES string of the molecule is CC(C)(C)NCCCn1cnc2ccc(Br)cc2c1=O. The Morgan fingerprint density at radius 1 is 1.35 bits per heavy atom. The van der Waals surface area contributed by atoms with Gasteiger partial charge in [-0.3, -0.25) is 9.36 Å². The average Bonchev–Trinajstić information content (AvgIpc) is 2.36. The first-order valence-corrected chi connectivity index (χ1v) is 7.56. The number of hydrogen-bond acceptors (Lipinski definition) is 3. The van der Waals surface area contributed by atoms with Crippen LogP contribution in [0.4, 0.5) is 0 Å². The second kappa shape index (κ2) is 6.06. The first-order valence-electron chi connectivity index (χ1n) is 6.76. The van der Waals surface area contributed by atoms with Crippen molar-refractivity contribution in [3.8, 4) is 0 Å². The number of aryl methyl sites for hydroxylation is 1. The minimum Gasteiger partial charge on any atom is -0.312 e. The van der Waals surface area contributed by atoms with E-state index >= 15 is 0 Å². The molecule has 0 aliphatic heterocycles. The molecule has 0 spiro atoms. The van der Waals surface area contributed by atoms with Crippen LogP contribution in [-0.4, -0.2) is 21.6 Å². The van der Waals surface area contributed by atoms with Gasteiger partial charge in [0.2, 0.25) is 0 Å². The first-order chi connectivity index (χ1) is 9.37. The molecule has 4 nitrogen and oxygen atoms in total. The number of rotatable bonds is 4. The van der Waals surface area contributed by atoms with Crippen molar-refractivity contribution in [3.05, 3.63) is 39.4 Å². The zero-order chi connectivity index (χ0) is 14.8. The van der Waals surface area contributed by atoms with Gasteiger partial charge in [0.25, 0.3) is 5.56 Å². The lowest BCUT2D eigenvalue weighted by Crippen LogP contribution is -2.37. The maximum absolute atomic E-state index is 12.4. The van der Waals surface area contributed by atoms with Gasteiger partial charge in [-0.15, -0.1) is 0 Å². The Labute approximate surface area is 127 Å². The van der Waals surface area contributed by atoms with Gasteiger partial charge in [-0.2, -0.15) is 0 Å². The van der Waals surface area contributed by atoms with E-state index in [4.69, 9.17) is 0 Å². The zero-order valence-electron chi connectivity index (χ0n) is 12.1. The minimum absolute atomic E-state index is 0.0204. The molecule has 0 radical (unpaired) electrons. The fraction of sp³-hybridized carbons (Fsp3) is 0.467. The summed E-state index contributed by atoms with van der Waals surface area (Å²) in [6.45, 7) is 7.96. The van der Waals surface area contributed by atoms with Crippen molar-refractivity contribution in [1.82, 2.24) is 14.9 Å². The van der Waals surface area contributed by atoms with Crippen molar-refractivity contribution in [2.45, 2.75) is 39.3 Å². The van der Waals surface area contributed by atoms with Gasteiger partial charge in [0, 0.05) is 16.6 Å². The van der Waals surface area contributed by atoms with E-state index in [0.29, 0.717) is 11.9 Å². The van der Waals surface area contributed by atoms with E-state index in [-0.39, 0.29) is 11.1 Å². The smallest absolute Gasteiger partial charge is 0.261 e. The molecule has 1 aromatic carbocycles. The van der Waals surface area contributed by atoms with Crippen molar-refractivity contribution < 1.29 is 0 Å². The van der Waals surface area contributed by atoms with Crippen LogP contribution in [0.15, 0.2) is 33.8 Å². The van der Waals surface area contributed by atoms with E-state index in [1.807, 2.05) is 18.2 Å². The lowest BCUT2D eigenvalue weighted by Gasteiger charge is -2.20. The van der Waals surface area contributed by atoms with Crippen LogP contribution in [0.25, 0.3) is 10.9 Å². The van der Waals surface area contributed by atoms with Crippen molar-refractivity contribution in [3.63, 3.8) is 0 Å². The van der Waals surface area contributed by atoms with E-state index in [9.17, 15) is 4.79 Å². The number of nitrogens with zero attached hydrogens (tertiary/aromatic N) is 2. The van der Waals surface area contributed by atoms with Crippen LogP contribution in [0.5, 0.6) is 0 Å². The Morgan fingerprint density at radius 2 is 2.10 bits per heavy atom. The van der Waals surface area contributed by atoms with Crippen LogP contribution in [0.1, 0.15) is 27.2 Å². The Bertz CT molecular complexity index is 658. The molecule has 0 fully saturated rings. The lowest BCUT2D eigenvalue weighted by atomic mass is 10.1. The Morgan fingerprint density at radius 3 is 2.80 bits per heavy atom. The second-order valence-electron chi connectivity index (χ2n) is 5.93. The van der Waals surface area contributed by atoms with E-state index < -0.39 is 0 Å². The van der Waals surface area contributed by atoms with Crippen molar-refractivity contribution in [2.75, 3.05) is 6.54 Å². The first kappa shape index (κ1) is 15.2. The highest BCUT2D eigenvalue weighted by atomic mass is 79.9. The molecule has 0 saturated heterocycles. The van der Waals surface area contributed by atoms with Gasteiger partial charge in [-0.05, 0) is 51.9 Å². The van der Waals surface area contributed by atoms with Crippen LogP contribution in [-0.2, 0) is 6.54 Å². The molecule has 1 aromatic heterocycles. The van der Waals surface area contributed by atoms with Crippen LogP contribution in [0.2, 0.25) is 0 Å². The van der Waals surface area contributed by atoms with Gasteiger partial charge in [-0.1, -0.05) is 15.9 Å². The fourth-order valence-electron chi connectivity index (χ4n) is 2.00. The molecule has 0 unspecified atom stereocenters. The molecule has 2 rings (SSSR count). The molecular weight excluding hydrogens is 318 g/mol. The van der Waals surface area contributed by atoms with E-state index in [2.05, 4.69) is 47.0 Å². The molecule has 2 aromatic rings. The van der Waals surface area contributed by atoms with E-state index in [1.165, 1.54) is 0 Å². The van der Waals surface area contributed by atoms with Gasteiger partial charge in [-0.25, -0.2) is 4.98 Å². The summed E-state index contributed by atoms with van der Waals surface area (Å²) in [7, 11) is 0. The molecule has 0 saturated carbocycles. The summed E-state index contributed by atoms with van der Waals surface area (Å²) in [4.78, 5) is 16.7. The molecule has 5 heteroatoms. The summed E-state index contributed by atoms with van der Waals surface area (Å²) in [6.07, 6.45) is 2.54. The summed E-state index contributed by atoms with van der Waals surface area (Å²) in [5.41, 5.74) is 0.867. The number of benzene rings is 1. The summed E-state index contributed by atoms with van der Waals surface area (Å²) in [5.74, 6) is 0. The largest absolute Gasteiger partial charge is 0.312 e.